The van der Waals surface area contributed by atoms with Gasteiger partial charge in [0.15, 0.2) is 0 Å². The van der Waals surface area contributed by atoms with Crippen molar-refractivity contribution in [3.8, 4) is 0 Å². The van der Waals surface area contributed by atoms with E-state index in [2.05, 4.69) is 32.2 Å². The number of aliphatic hydroxyl groups is 1. The van der Waals surface area contributed by atoms with Crippen LogP contribution in [0.2, 0.25) is 0 Å². The minimum Gasteiger partial charge on any atom is -0.389 e. The topological polar surface area (TPSA) is 41.5 Å². The van der Waals surface area contributed by atoms with E-state index in [1.54, 1.807) is 7.11 Å². The minimum absolute atomic E-state index is 0.268. The van der Waals surface area contributed by atoms with Crippen LogP contribution in [0.5, 0.6) is 0 Å². The standard InChI is InChI=1S/C14H25NO2S/c1-10-8-13(12(3)18-10)11(2)15-9-14(4,16)6-7-17-5/h8,11,15-16H,6-7,9H2,1-5H3. The van der Waals surface area contributed by atoms with Gasteiger partial charge in [-0.1, -0.05) is 0 Å². The van der Waals surface area contributed by atoms with E-state index in [0.29, 0.717) is 19.6 Å². The Morgan fingerprint density at radius 2 is 2.17 bits per heavy atom. The second-order valence-corrected chi connectivity index (χ2v) is 6.67. The Labute approximate surface area is 114 Å². The molecule has 0 aliphatic carbocycles. The Balaban J connectivity index is 2.50. The van der Waals surface area contributed by atoms with Gasteiger partial charge in [-0.3, -0.25) is 0 Å². The highest BCUT2D eigenvalue weighted by Gasteiger charge is 2.21. The second kappa shape index (κ2) is 6.66. The zero-order valence-electron chi connectivity index (χ0n) is 12.0. The van der Waals surface area contributed by atoms with Crippen LogP contribution in [-0.2, 0) is 4.74 Å². The maximum Gasteiger partial charge on any atom is 0.0765 e. The predicted octanol–water partition coefficient (Wildman–Crippen LogP) is 2.80. The van der Waals surface area contributed by atoms with Crippen LogP contribution in [0.1, 0.15) is 41.6 Å². The van der Waals surface area contributed by atoms with Gasteiger partial charge < -0.3 is 15.2 Å². The van der Waals surface area contributed by atoms with Crippen molar-refractivity contribution in [2.24, 2.45) is 0 Å². The van der Waals surface area contributed by atoms with Crippen LogP contribution in [0, 0.1) is 13.8 Å². The number of aryl methyl sites for hydroxylation is 2. The molecule has 1 rings (SSSR count). The summed E-state index contributed by atoms with van der Waals surface area (Å²) in [5, 5.41) is 13.6. The molecule has 2 unspecified atom stereocenters. The van der Waals surface area contributed by atoms with Crippen molar-refractivity contribution in [2.45, 2.75) is 45.8 Å². The smallest absolute Gasteiger partial charge is 0.0765 e. The molecule has 0 aromatic carbocycles. The van der Waals surface area contributed by atoms with Gasteiger partial charge >= 0.3 is 0 Å². The zero-order chi connectivity index (χ0) is 13.8. The van der Waals surface area contributed by atoms with Crippen molar-refractivity contribution >= 4 is 11.3 Å². The third-order valence-corrected chi connectivity index (χ3v) is 4.16. The van der Waals surface area contributed by atoms with E-state index in [1.807, 2.05) is 18.3 Å². The van der Waals surface area contributed by atoms with E-state index in [-0.39, 0.29) is 6.04 Å². The molecular weight excluding hydrogens is 246 g/mol. The van der Waals surface area contributed by atoms with Gasteiger partial charge in [0, 0.05) is 42.5 Å². The third-order valence-electron chi connectivity index (χ3n) is 3.18. The summed E-state index contributed by atoms with van der Waals surface area (Å²) in [5.74, 6) is 0. The van der Waals surface area contributed by atoms with Crippen LogP contribution >= 0.6 is 11.3 Å². The summed E-state index contributed by atoms with van der Waals surface area (Å²) in [4.78, 5) is 2.69. The van der Waals surface area contributed by atoms with Crippen molar-refractivity contribution in [3.63, 3.8) is 0 Å². The third kappa shape index (κ3) is 4.69. The van der Waals surface area contributed by atoms with Crippen LogP contribution in [0.4, 0.5) is 0 Å². The molecule has 0 fully saturated rings. The monoisotopic (exact) mass is 271 g/mol. The van der Waals surface area contributed by atoms with Gasteiger partial charge in [0.05, 0.1) is 5.60 Å². The molecule has 0 aliphatic heterocycles. The van der Waals surface area contributed by atoms with Gasteiger partial charge in [0.2, 0.25) is 0 Å². The van der Waals surface area contributed by atoms with E-state index in [1.165, 1.54) is 15.3 Å². The highest BCUT2D eigenvalue weighted by atomic mass is 32.1. The number of hydrogen-bond acceptors (Lipinski definition) is 4. The van der Waals surface area contributed by atoms with Gasteiger partial charge in [0.1, 0.15) is 0 Å². The van der Waals surface area contributed by atoms with Crippen molar-refractivity contribution in [1.29, 1.82) is 0 Å². The summed E-state index contributed by atoms with van der Waals surface area (Å²) in [7, 11) is 1.66. The summed E-state index contributed by atoms with van der Waals surface area (Å²) >= 11 is 1.82. The molecule has 4 heteroatoms. The first-order chi connectivity index (χ1) is 8.35. The summed E-state index contributed by atoms with van der Waals surface area (Å²) in [6.07, 6.45) is 0.644. The molecule has 0 aliphatic rings. The van der Waals surface area contributed by atoms with Crippen molar-refractivity contribution in [2.75, 3.05) is 20.3 Å². The first kappa shape index (κ1) is 15.6. The average Bonchev–Trinajstić information content (AvgIpc) is 2.63. The van der Waals surface area contributed by atoms with Crippen molar-refractivity contribution < 1.29 is 9.84 Å². The fourth-order valence-electron chi connectivity index (χ4n) is 1.97. The lowest BCUT2D eigenvalue weighted by molar-refractivity contribution is 0.0231. The molecule has 0 radical (unpaired) electrons. The zero-order valence-corrected chi connectivity index (χ0v) is 12.9. The van der Waals surface area contributed by atoms with Crippen LogP contribution in [0.3, 0.4) is 0 Å². The second-order valence-electron chi connectivity index (χ2n) is 5.21. The Bertz CT molecular complexity index is 374. The number of thiophene rings is 1. The van der Waals surface area contributed by atoms with E-state index in [0.717, 1.165) is 0 Å². The Morgan fingerprint density at radius 1 is 1.50 bits per heavy atom. The molecule has 104 valence electrons. The number of ether oxygens (including phenoxy) is 1. The molecule has 0 saturated heterocycles. The molecule has 3 nitrogen and oxygen atoms in total. The quantitative estimate of drug-likeness (QED) is 0.801. The first-order valence-corrected chi connectivity index (χ1v) is 7.19. The largest absolute Gasteiger partial charge is 0.389 e. The Kier molecular flexibility index (Phi) is 5.79. The average molecular weight is 271 g/mol. The lowest BCUT2D eigenvalue weighted by atomic mass is 10.0. The summed E-state index contributed by atoms with van der Waals surface area (Å²) < 4.78 is 5.01. The van der Waals surface area contributed by atoms with Gasteiger partial charge in [0.25, 0.3) is 0 Å². The van der Waals surface area contributed by atoms with E-state index in [4.69, 9.17) is 4.74 Å². The molecule has 1 heterocycles. The van der Waals surface area contributed by atoms with Crippen LogP contribution in [0.15, 0.2) is 6.07 Å². The molecule has 2 atom stereocenters. The van der Waals surface area contributed by atoms with E-state index in [9.17, 15) is 5.11 Å². The highest BCUT2D eigenvalue weighted by Crippen LogP contribution is 2.26. The molecule has 0 bridgehead atoms. The summed E-state index contributed by atoms with van der Waals surface area (Å²) in [6, 6.07) is 2.49. The molecule has 1 aromatic heterocycles. The molecule has 0 amide bonds. The molecule has 1 aromatic rings. The van der Waals surface area contributed by atoms with Gasteiger partial charge in [-0.05, 0) is 39.3 Å². The van der Waals surface area contributed by atoms with Gasteiger partial charge in [-0.15, -0.1) is 11.3 Å². The van der Waals surface area contributed by atoms with E-state index >= 15 is 0 Å². The van der Waals surface area contributed by atoms with Crippen molar-refractivity contribution in [1.82, 2.24) is 5.32 Å². The van der Waals surface area contributed by atoms with Crippen LogP contribution < -0.4 is 5.32 Å². The van der Waals surface area contributed by atoms with Gasteiger partial charge in [-0.25, -0.2) is 0 Å². The Hall–Kier alpha value is -0.420. The normalized spacial score (nSPS) is 16.6. The number of hydrogen-bond donors (Lipinski definition) is 2. The molecule has 18 heavy (non-hydrogen) atoms. The van der Waals surface area contributed by atoms with Crippen LogP contribution in [0.25, 0.3) is 0 Å². The highest BCUT2D eigenvalue weighted by molar-refractivity contribution is 7.12. The molecule has 0 spiro atoms. The maximum atomic E-state index is 10.2. The number of methoxy groups -OCH3 is 1. The van der Waals surface area contributed by atoms with Crippen LogP contribution in [-0.4, -0.2) is 31.0 Å². The lowest BCUT2D eigenvalue weighted by Gasteiger charge is -2.26. The maximum absolute atomic E-state index is 10.2. The van der Waals surface area contributed by atoms with Gasteiger partial charge in [-0.2, -0.15) is 0 Å². The fourth-order valence-corrected chi connectivity index (χ4v) is 3.00. The van der Waals surface area contributed by atoms with Crippen molar-refractivity contribution in [3.05, 3.63) is 21.4 Å². The fraction of sp³-hybridized carbons (Fsp3) is 0.714. The lowest BCUT2D eigenvalue weighted by Crippen LogP contribution is -2.39. The Morgan fingerprint density at radius 3 is 2.67 bits per heavy atom. The molecular formula is C14H25NO2S. The van der Waals surface area contributed by atoms with E-state index < -0.39 is 5.60 Å². The number of rotatable bonds is 7. The SMILES string of the molecule is COCCC(C)(O)CNC(C)c1cc(C)sc1C. The summed E-state index contributed by atoms with van der Waals surface area (Å²) in [6.45, 7) is 9.42. The molecule has 0 saturated carbocycles. The molecule has 2 N–H and O–H groups in total. The minimum atomic E-state index is -0.719. The summed E-state index contributed by atoms with van der Waals surface area (Å²) in [5.41, 5.74) is 0.614. The predicted molar refractivity (Wildman–Crippen MR) is 77.3 cm³/mol. The first-order valence-electron chi connectivity index (χ1n) is 6.37. The number of nitrogens with one attached hydrogen (secondary N) is 1.